The van der Waals surface area contributed by atoms with Gasteiger partial charge in [-0.2, -0.15) is 0 Å². The minimum atomic E-state index is -3.07. The van der Waals surface area contributed by atoms with Gasteiger partial charge in [0.1, 0.15) is 5.82 Å². The summed E-state index contributed by atoms with van der Waals surface area (Å²) in [6.07, 6.45) is -0.973. The third kappa shape index (κ3) is 2.76. The molecule has 0 radical (unpaired) electrons. The van der Waals surface area contributed by atoms with Gasteiger partial charge in [0.05, 0.1) is 6.10 Å². The fourth-order valence-corrected chi connectivity index (χ4v) is 1.40. The fourth-order valence-electron chi connectivity index (χ4n) is 1.40. The van der Waals surface area contributed by atoms with Crippen molar-refractivity contribution in [3.05, 3.63) is 35.1 Å². The molecule has 0 bridgehead atoms. The molecule has 0 aliphatic rings. The van der Waals surface area contributed by atoms with Crippen LogP contribution >= 0.6 is 0 Å². The Bertz CT molecular complexity index is 369. The predicted molar refractivity (Wildman–Crippen MR) is 55.8 cm³/mol. The van der Waals surface area contributed by atoms with E-state index in [1.165, 1.54) is 6.07 Å². The fraction of sp³-hybridized carbons (Fsp3) is 0.500. The Hall–Kier alpha value is -1.03. The molecule has 4 heteroatoms. The minimum absolute atomic E-state index is 0.0583. The van der Waals surface area contributed by atoms with Gasteiger partial charge in [-0.15, -0.1) is 0 Å². The summed E-state index contributed by atoms with van der Waals surface area (Å²) < 4.78 is 39.3. The molecule has 1 aromatic rings. The molecule has 0 saturated heterocycles. The second-order valence-corrected chi connectivity index (χ2v) is 4.31. The van der Waals surface area contributed by atoms with Crippen LogP contribution in [-0.2, 0) is 5.92 Å². The zero-order chi connectivity index (χ0) is 12.5. The lowest BCUT2D eigenvalue weighted by Crippen LogP contribution is -2.11. The number of halogens is 3. The van der Waals surface area contributed by atoms with E-state index in [0.717, 1.165) is 12.1 Å². The van der Waals surface area contributed by atoms with E-state index >= 15 is 0 Å². The van der Waals surface area contributed by atoms with E-state index in [1.54, 1.807) is 13.8 Å². The lowest BCUT2D eigenvalue weighted by molar-refractivity contribution is 0.0169. The summed E-state index contributed by atoms with van der Waals surface area (Å²) in [6.45, 7) is 4.17. The summed E-state index contributed by atoms with van der Waals surface area (Å²) in [6, 6.07) is 3.14. The van der Waals surface area contributed by atoms with Gasteiger partial charge in [0.15, 0.2) is 0 Å². The van der Waals surface area contributed by atoms with E-state index in [2.05, 4.69) is 0 Å². The van der Waals surface area contributed by atoms with E-state index in [9.17, 15) is 18.3 Å². The molecule has 0 aliphatic carbocycles. The summed E-state index contributed by atoms with van der Waals surface area (Å²) in [4.78, 5) is 0. The highest BCUT2D eigenvalue weighted by Crippen LogP contribution is 2.31. The second-order valence-electron chi connectivity index (χ2n) is 4.31. The Kier molecular flexibility index (Phi) is 3.63. The largest absolute Gasteiger partial charge is 0.388 e. The highest BCUT2D eigenvalue weighted by Gasteiger charge is 2.26. The zero-order valence-corrected chi connectivity index (χ0v) is 9.47. The standard InChI is InChI=1S/C12H15F3O/c1-7(2)11(16)9-5-4-8(6-10(9)13)12(3,14)15/h4-7,11,16H,1-3H3. The van der Waals surface area contributed by atoms with Crippen molar-refractivity contribution in [3.8, 4) is 0 Å². The Morgan fingerprint density at radius 3 is 2.19 bits per heavy atom. The second kappa shape index (κ2) is 4.45. The number of rotatable bonds is 3. The van der Waals surface area contributed by atoms with Gasteiger partial charge in [0, 0.05) is 18.1 Å². The molecule has 1 N–H and O–H groups in total. The van der Waals surface area contributed by atoms with Crippen LogP contribution in [0.3, 0.4) is 0 Å². The van der Waals surface area contributed by atoms with E-state index in [1.807, 2.05) is 0 Å². The first kappa shape index (κ1) is 13.0. The van der Waals surface area contributed by atoms with E-state index in [-0.39, 0.29) is 17.0 Å². The molecule has 90 valence electrons. The molecule has 1 rings (SSSR count). The first-order valence-electron chi connectivity index (χ1n) is 5.09. The molecule has 1 nitrogen and oxygen atoms in total. The smallest absolute Gasteiger partial charge is 0.270 e. The third-order valence-corrected chi connectivity index (χ3v) is 2.46. The SMILES string of the molecule is CC(C)C(O)c1ccc(C(C)(F)F)cc1F. The minimum Gasteiger partial charge on any atom is -0.388 e. The van der Waals surface area contributed by atoms with Crippen molar-refractivity contribution in [3.63, 3.8) is 0 Å². The number of hydrogen-bond donors (Lipinski definition) is 1. The quantitative estimate of drug-likeness (QED) is 0.843. The van der Waals surface area contributed by atoms with Gasteiger partial charge in [-0.05, 0) is 12.0 Å². The molecular formula is C12H15F3O. The van der Waals surface area contributed by atoms with Gasteiger partial charge in [0.25, 0.3) is 5.92 Å². The van der Waals surface area contributed by atoms with Crippen molar-refractivity contribution in [1.82, 2.24) is 0 Å². The Morgan fingerprint density at radius 1 is 1.25 bits per heavy atom. The average molecular weight is 232 g/mol. The van der Waals surface area contributed by atoms with Gasteiger partial charge in [-0.3, -0.25) is 0 Å². The molecule has 1 aromatic carbocycles. The summed E-state index contributed by atoms with van der Waals surface area (Å²) in [5, 5.41) is 9.64. The van der Waals surface area contributed by atoms with E-state index in [0.29, 0.717) is 6.92 Å². The monoisotopic (exact) mass is 232 g/mol. The van der Waals surface area contributed by atoms with Crippen LogP contribution in [0.1, 0.15) is 38.0 Å². The lowest BCUT2D eigenvalue weighted by atomic mass is 9.96. The summed E-state index contributed by atoms with van der Waals surface area (Å²) in [7, 11) is 0. The van der Waals surface area contributed by atoms with Gasteiger partial charge in [-0.1, -0.05) is 26.0 Å². The van der Waals surface area contributed by atoms with Crippen LogP contribution in [0.25, 0.3) is 0 Å². The maximum Gasteiger partial charge on any atom is 0.270 e. The van der Waals surface area contributed by atoms with Gasteiger partial charge in [0.2, 0.25) is 0 Å². The number of benzene rings is 1. The van der Waals surface area contributed by atoms with Gasteiger partial charge in [-0.25, -0.2) is 13.2 Å². The Balaban J connectivity index is 3.10. The predicted octanol–water partition coefficient (Wildman–Crippen LogP) is 3.63. The van der Waals surface area contributed by atoms with Gasteiger partial charge < -0.3 is 5.11 Å². The zero-order valence-electron chi connectivity index (χ0n) is 9.47. The van der Waals surface area contributed by atoms with Crippen LogP contribution in [0.15, 0.2) is 18.2 Å². The normalized spacial score (nSPS) is 14.2. The molecule has 16 heavy (non-hydrogen) atoms. The van der Waals surface area contributed by atoms with Crippen molar-refractivity contribution >= 4 is 0 Å². The lowest BCUT2D eigenvalue weighted by Gasteiger charge is -2.17. The first-order valence-corrected chi connectivity index (χ1v) is 5.09. The van der Waals surface area contributed by atoms with Crippen LogP contribution in [0.2, 0.25) is 0 Å². The van der Waals surface area contributed by atoms with E-state index in [4.69, 9.17) is 0 Å². The molecule has 0 aliphatic heterocycles. The number of aliphatic hydroxyl groups excluding tert-OH is 1. The van der Waals surface area contributed by atoms with Gasteiger partial charge >= 0.3 is 0 Å². The van der Waals surface area contributed by atoms with Crippen molar-refractivity contribution in [1.29, 1.82) is 0 Å². The molecule has 0 amide bonds. The van der Waals surface area contributed by atoms with Crippen LogP contribution in [0.4, 0.5) is 13.2 Å². The van der Waals surface area contributed by atoms with Crippen molar-refractivity contribution in [2.45, 2.75) is 32.8 Å². The molecule has 0 fully saturated rings. The summed E-state index contributed by atoms with van der Waals surface area (Å²) in [5.74, 6) is -4.02. The highest BCUT2D eigenvalue weighted by molar-refractivity contribution is 5.28. The van der Waals surface area contributed by atoms with Crippen LogP contribution in [0, 0.1) is 11.7 Å². The molecule has 0 spiro atoms. The van der Waals surface area contributed by atoms with Crippen molar-refractivity contribution in [2.24, 2.45) is 5.92 Å². The average Bonchev–Trinajstić information content (AvgIpc) is 2.15. The number of hydrogen-bond acceptors (Lipinski definition) is 1. The molecule has 1 atom stereocenters. The molecule has 0 saturated carbocycles. The molecule has 0 aromatic heterocycles. The summed E-state index contributed by atoms with van der Waals surface area (Å²) in [5.41, 5.74) is -0.326. The number of alkyl halides is 2. The molecule has 0 heterocycles. The molecular weight excluding hydrogens is 217 g/mol. The van der Waals surface area contributed by atoms with Crippen LogP contribution in [0.5, 0.6) is 0 Å². The van der Waals surface area contributed by atoms with Crippen molar-refractivity contribution < 1.29 is 18.3 Å². The first-order chi connectivity index (χ1) is 7.23. The third-order valence-electron chi connectivity index (χ3n) is 2.46. The Morgan fingerprint density at radius 2 is 1.81 bits per heavy atom. The Labute approximate surface area is 92.9 Å². The molecule has 1 unspecified atom stereocenters. The topological polar surface area (TPSA) is 20.2 Å². The van der Waals surface area contributed by atoms with Crippen LogP contribution in [-0.4, -0.2) is 5.11 Å². The maximum atomic E-state index is 13.5. The van der Waals surface area contributed by atoms with Crippen molar-refractivity contribution in [2.75, 3.05) is 0 Å². The summed E-state index contributed by atoms with van der Waals surface area (Å²) >= 11 is 0. The maximum absolute atomic E-state index is 13.5. The van der Waals surface area contributed by atoms with Crippen LogP contribution < -0.4 is 0 Å². The highest BCUT2D eigenvalue weighted by atomic mass is 19.3. The number of aliphatic hydroxyl groups is 1. The van der Waals surface area contributed by atoms with E-state index < -0.39 is 17.8 Å².